The zero-order chi connectivity index (χ0) is 23.8. The lowest BCUT2D eigenvalue weighted by atomic mass is 10.1. The molecule has 0 fully saturated rings. The summed E-state index contributed by atoms with van der Waals surface area (Å²) in [5.74, 6) is -0.188. The molecule has 170 valence electrons. The third-order valence-electron chi connectivity index (χ3n) is 5.95. The van der Waals surface area contributed by atoms with Gasteiger partial charge in [0.2, 0.25) is 11.7 Å². The number of nitrogens with zero attached hydrogens (tertiary/aromatic N) is 4. The monoisotopic (exact) mass is 453 g/mol. The van der Waals surface area contributed by atoms with Crippen LogP contribution in [0.25, 0.3) is 16.7 Å². The number of amides is 1. The summed E-state index contributed by atoms with van der Waals surface area (Å²) in [6.07, 6.45) is 0. The smallest absolute Gasteiger partial charge is 0.324 e. The van der Waals surface area contributed by atoms with Gasteiger partial charge in [0.15, 0.2) is 0 Å². The molecule has 1 amide bonds. The number of benzene rings is 3. The van der Waals surface area contributed by atoms with Crippen LogP contribution in [0.5, 0.6) is 0 Å². The summed E-state index contributed by atoms with van der Waals surface area (Å²) in [7, 11) is 0. The number of hydrogen-bond donors (Lipinski definition) is 1. The minimum atomic E-state index is -0.483. The minimum absolute atomic E-state index is 0.191. The fraction of sp³-hybridized carbons (Fsp3) is 0.154. The molecule has 0 unspecified atom stereocenters. The van der Waals surface area contributed by atoms with Crippen molar-refractivity contribution in [1.82, 2.24) is 18.7 Å². The van der Waals surface area contributed by atoms with Gasteiger partial charge in [-0.2, -0.15) is 0 Å². The van der Waals surface area contributed by atoms with Gasteiger partial charge in [-0.1, -0.05) is 48.5 Å². The van der Waals surface area contributed by atoms with Crippen LogP contribution in [0.2, 0.25) is 0 Å². The molecule has 8 heteroatoms. The maximum absolute atomic E-state index is 13.3. The average molecular weight is 454 g/mol. The van der Waals surface area contributed by atoms with E-state index in [0.717, 1.165) is 21.4 Å². The van der Waals surface area contributed by atoms with E-state index < -0.39 is 5.69 Å². The zero-order valence-corrected chi connectivity index (χ0v) is 18.9. The maximum Gasteiger partial charge on any atom is 0.352 e. The van der Waals surface area contributed by atoms with Gasteiger partial charge in [0, 0.05) is 5.69 Å². The molecule has 0 spiro atoms. The molecule has 0 radical (unpaired) electrons. The summed E-state index contributed by atoms with van der Waals surface area (Å²) >= 11 is 0. The van der Waals surface area contributed by atoms with Gasteiger partial charge >= 0.3 is 5.69 Å². The highest BCUT2D eigenvalue weighted by atomic mass is 16.2. The number of anilines is 1. The van der Waals surface area contributed by atoms with Gasteiger partial charge in [-0.25, -0.2) is 13.9 Å². The molecule has 0 bridgehead atoms. The van der Waals surface area contributed by atoms with Crippen molar-refractivity contribution >= 4 is 28.3 Å². The molecule has 5 aromatic rings. The van der Waals surface area contributed by atoms with E-state index >= 15 is 0 Å². The van der Waals surface area contributed by atoms with Crippen LogP contribution in [0.4, 0.5) is 5.69 Å². The molecule has 0 aliphatic rings. The highest BCUT2D eigenvalue weighted by Crippen LogP contribution is 2.15. The Morgan fingerprint density at radius 2 is 1.65 bits per heavy atom. The second-order valence-electron chi connectivity index (χ2n) is 8.32. The molecule has 34 heavy (non-hydrogen) atoms. The van der Waals surface area contributed by atoms with Gasteiger partial charge in [-0.05, 0) is 54.8 Å². The van der Waals surface area contributed by atoms with Gasteiger partial charge in [-0.3, -0.25) is 14.2 Å². The van der Waals surface area contributed by atoms with E-state index in [9.17, 15) is 14.4 Å². The van der Waals surface area contributed by atoms with E-state index in [0.29, 0.717) is 16.6 Å². The predicted molar refractivity (Wildman–Crippen MR) is 131 cm³/mol. The molecule has 8 nitrogen and oxygen atoms in total. The molecular weight excluding hydrogens is 430 g/mol. The highest BCUT2D eigenvalue weighted by molar-refractivity contribution is 5.90. The van der Waals surface area contributed by atoms with Crippen molar-refractivity contribution in [2.75, 3.05) is 5.32 Å². The summed E-state index contributed by atoms with van der Waals surface area (Å²) in [5, 5.41) is 7.63. The molecule has 3 aromatic carbocycles. The number of aromatic nitrogens is 4. The average Bonchev–Trinajstić information content (AvgIpc) is 3.15. The Morgan fingerprint density at radius 1 is 0.912 bits per heavy atom. The predicted octanol–water partition coefficient (Wildman–Crippen LogP) is 3.11. The number of carbonyl (C=O) groups excluding carboxylic acids is 1. The molecule has 0 saturated heterocycles. The van der Waals surface area contributed by atoms with Crippen LogP contribution >= 0.6 is 0 Å². The third-order valence-corrected chi connectivity index (χ3v) is 5.95. The van der Waals surface area contributed by atoms with E-state index in [1.54, 1.807) is 24.3 Å². The van der Waals surface area contributed by atoms with Crippen LogP contribution in [-0.2, 0) is 17.9 Å². The summed E-state index contributed by atoms with van der Waals surface area (Å²) < 4.78 is 3.96. The van der Waals surface area contributed by atoms with Crippen LogP contribution in [0.1, 0.15) is 16.7 Å². The number of hydrogen-bond acceptors (Lipinski definition) is 4. The fourth-order valence-electron chi connectivity index (χ4n) is 4.03. The molecule has 5 rings (SSSR count). The Kier molecular flexibility index (Phi) is 5.33. The second-order valence-corrected chi connectivity index (χ2v) is 8.32. The Morgan fingerprint density at radius 3 is 2.41 bits per heavy atom. The van der Waals surface area contributed by atoms with Crippen LogP contribution in [-0.4, -0.2) is 24.7 Å². The first-order valence-corrected chi connectivity index (χ1v) is 10.9. The fourth-order valence-corrected chi connectivity index (χ4v) is 4.03. The van der Waals surface area contributed by atoms with Crippen LogP contribution < -0.4 is 16.6 Å². The first-order chi connectivity index (χ1) is 16.4. The van der Waals surface area contributed by atoms with Gasteiger partial charge in [-0.15, -0.1) is 5.10 Å². The lowest BCUT2D eigenvalue weighted by Gasteiger charge is -2.09. The third kappa shape index (κ3) is 3.79. The first kappa shape index (κ1) is 21.4. The summed E-state index contributed by atoms with van der Waals surface area (Å²) in [5.41, 5.74) is 3.45. The molecule has 0 aliphatic heterocycles. The SMILES string of the molecule is Cc1ccc(NC(=O)Cn2nc3n(Cc4ccccc4)c(=O)c4ccccc4n3c2=O)cc1C. The number of aryl methyl sites for hydroxylation is 2. The summed E-state index contributed by atoms with van der Waals surface area (Å²) in [6.45, 7) is 3.94. The first-order valence-electron chi connectivity index (χ1n) is 10.9. The van der Waals surface area contributed by atoms with Crippen LogP contribution in [0.15, 0.2) is 82.4 Å². The molecule has 0 atom stereocenters. The van der Waals surface area contributed by atoms with E-state index in [-0.39, 0.29) is 30.3 Å². The van der Waals surface area contributed by atoms with Crippen LogP contribution in [0.3, 0.4) is 0 Å². The Labute approximate surface area is 194 Å². The number of fused-ring (bicyclic) bond motifs is 3. The van der Waals surface area contributed by atoms with E-state index in [2.05, 4.69) is 10.4 Å². The number of nitrogens with one attached hydrogen (secondary N) is 1. The molecule has 2 aromatic heterocycles. The van der Waals surface area contributed by atoms with Crippen molar-refractivity contribution in [3.8, 4) is 0 Å². The Balaban J connectivity index is 1.59. The normalized spacial score (nSPS) is 11.2. The van der Waals surface area contributed by atoms with E-state index in [4.69, 9.17) is 0 Å². The summed E-state index contributed by atoms with van der Waals surface area (Å²) in [4.78, 5) is 39.3. The topological polar surface area (TPSA) is 90.4 Å². The largest absolute Gasteiger partial charge is 0.352 e. The van der Waals surface area contributed by atoms with Crippen molar-refractivity contribution in [3.05, 3.63) is 110 Å². The molecule has 2 heterocycles. The number of carbonyl (C=O) groups is 1. The van der Waals surface area contributed by atoms with Gasteiger partial charge in [0.05, 0.1) is 17.4 Å². The highest BCUT2D eigenvalue weighted by Gasteiger charge is 2.19. The van der Waals surface area contributed by atoms with Crippen molar-refractivity contribution in [1.29, 1.82) is 0 Å². The quantitative estimate of drug-likeness (QED) is 0.443. The van der Waals surface area contributed by atoms with Crippen molar-refractivity contribution in [3.63, 3.8) is 0 Å². The van der Waals surface area contributed by atoms with E-state index in [1.807, 2.05) is 62.4 Å². The Hall–Kier alpha value is -4.46. The van der Waals surface area contributed by atoms with Crippen molar-refractivity contribution in [2.45, 2.75) is 26.9 Å². The molecule has 1 N–H and O–H groups in total. The van der Waals surface area contributed by atoms with Crippen molar-refractivity contribution in [2.24, 2.45) is 0 Å². The van der Waals surface area contributed by atoms with Gasteiger partial charge in [0.25, 0.3) is 5.56 Å². The molecular formula is C26H23N5O3. The zero-order valence-electron chi connectivity index (χ0n) is 18.9. The van der Waals surface area contributed by atoms with Crippen molar-refractivity contribution < 1.29 is 4.79 Å². The minimum Gasteiger partial charge on any atom is -0.324 e. The van der Waals surface area contributed by atoms with E-state index in [1.165, 1.54) is 8.97 Å². The lowest BCUT2D eigenvalue weighted by Crippen LogP contribution is -2.29. The lowest BCUT2D eigenvalue weighted by molar-refractivity contribution is -0.117. The molecule has 0 saturated carbocycles. The Bertz CT molecular complexity index is 1660. The maximum atomic E-state index is 13.3. The standard InChI is InChI=1S/C26H23N5O3/c1-17-12-13-20(14-18(17)2)27-23(32)16-30-26(34)31-22-11-7-6-10-21(22)24(33)29(25(31)28-30)15-19-8-4-3-5-9-19/h3-14H,15-16H2,1-2H3,(H,27,32). The van der Waals surface area contributed by atoms with Gasteiger partial charge < -0.3 is 5.32 Å². The number of rotatable bonds is 5. The summed E-state index contributed by atoms with van der Waals surface area (Å²) in [6, 6.07) is 22.0. The number of para-hydroxylation sites is 1. The van der Waals surface area contributed by atoms with Crippen LogP contribution in [0, 0.1) is 13.8 Å². The molecule has 0 aliphatic carbocycles. The second kappa shape index (κ2) is 8.47. The van der Waals surface area contributed by atoms with Gasteiger partial charge in [0.1, 0.15) is 6.54 Å².